The number of aromatic nitrogens is 1. The maximum atomic E-state index is 11.5. The molecule has 1 aromatic heterocycles. The fraction of sp³-hybridized carbons (Fsp3) is 0. The standard InChI is InChI=1S/C12H7N3O3/c16-10-11(17)15(12(18)14-10)8-3-4-9-7(6-8)2-1-5-13-9/h1-6H,(H,14,16,18). The van der Waals surface area contributed by atoms with E-state index in [0.29, 0.717) is 5.69 Å². The molecule has 6 heteroatoms. The van der Waals surface area contributed by atoms with E-state index < -0.39 is 17.8 Å². The van der Waals surface area contributed by atoms with Gasteiger partial charge in [-0.2, -0.15) is 0 Å². The molecule has 0 radical (unpaired) electrons. The number of carbonyl (C=O) groups is 3. The minimum atomic E-state index is -0.911. The summed E-state index contributed by atoms with van der Waals surface area (Å²) in [5.74, 6) is -1.78. The number of rotatable bonds is 1. The molecule has 3 rings (SSSR count). The molecule has 2 heterocycles. The molecule has 0 spiro atoms. The van der Waals surface area contributed by atoms with Crippen LogP contribution in [0.15, 0.2) is 36.5 Å². The summed E-state index contributed by atoms with van der Waals surface area (Å²) in [6.07, 6.45) is 1.65. The van der Waals surface area contributed by atoms with Crippen LogP contribution < -0.4 is 10.2 Å². The van der Waals surface area contributed by atoms with Crippen LogP contribution in [0.5, 0.6) is 0 Å². The minimum absolute atomic E-state index is 0.351. The first-order chi connectivity index (χ1) is 8.66. The molecule has 0 aliphatic carbocycles. The highest BCUT2D eigenvalue weighted by Gasteiger charge is 2.37. The van der Waals surface area contributed by atoms with E-state index in [0.717, 1.165) is 15.8 Å². The van der Waals surface area contributed by atoms with E-state index in [4.69, 9.17) is 0 Å². The number of hydrogen-bond donors (Lipinski definition) is 1. The van der Waals surface area contributed by atoms with Gasteiger partial charge in [0, 0.05) is 11.6 Å². The first-order valence-corrected chi connectivity index (χ1v) is 5.21. The van der Waals surface area contributed by atoms with Crippen molar-refractivity contribution in [3.8, 4) is 0 Å². The number of imide groups is 2. The van der Waals surface area contributed by atoms with E-state index in [9.17, 15) is 14.4 Å². The van der Waals surface area contributed by atoms with Crippen molar-refractivity contribution < 1.29 is 14.4 Å². The number of nitrogens with zero attached hydrogens (tertiary/aromatic N) is 2. The van der Waals surface area contributed by atoms with E-state index in [2.05, 4.69) is 4.98 Å². The molecule has 6 nitrogen and oxygen atoms in total. The summed E-state index contributed by atoms with van der Waals surface area (Å²) in [5.41, 5.74) is 1.10. The Morgan fingerprint density at radius 1 is 1.11 bits per heavy atom. The molecule has 1 aliphatic heterocycles. The zero-order valence-electron chi connectivity index (χ0n) is 9.08. The zero-order valence-corrected chi connectivity index (χ0v) is 9.08. The smallest absolute Gasteiger partial charge is 0.269 e. The fourth-order valence-electron chi connectivity index (χ4n) is 1.84. The van der Waals surface area contributed by atoms with Gasteiger partial charge in [0.05, 0.1) is 11.2 Å². The highest BCUT2D eigenvalue weighted by atomic mass is 16.2. The van der Waals surface area contributed by atoms with Gasteiger partial charge in [-0.1, -0.05) is 6.07 Å². The van der Waals surface area contributed by atoms with Crippen LogP contribution in [0.1, 0.15) is 0 Å². The molecule has 1 N–H and O–H groups in total. The van der Waals surface area contributed by atoms with E-state index >= 15 is 0 Å². The normalized spacial score (nSPS) is 15.3. The Balaban J connectivity index is 2.12. The number of amides is 4. The molecule has 2 aromatic rings. The maximum absolute atomic E-state index is 11.5. The Labute approximate surface area is 101 Å². The van der Waals surface area contributed by atoms with Gasteiger partial charge in [-0.25, -0.2) is 9.69 Å². The Morgan fingerprint density at radius 2 is 1.94 bits per heavy atom. The van der Waals surface area contributed by atoms with E-state index in [1.807, 2.05) is 11.4 Å². The lowest BCUT2D eigenvalue weighted by molar-refractivity contribution is -0.134. The minimum Gasteiger partial charge on any atom is -0.269 e. The molecule has 1 saturated heterocycles. The number of fused-ring (bicyclic) bond motifs is 1. The van der Waals surface area contributed by atoms with Gasteiger partial charge in [0.2, 0.25) is 0 Å². The van der Waals surface area contributed by atoms with Gasteiger partial charge >= 0.3 is 17.8 Å². The molecule has 1 aliphatic rings. The number of nitrogens with one attached hydrogen (secondary N) is 1. The van der Waals surface area contributed by atoms with Crippen LogP contribution in [0.2, 0.25) is 0 Å². The van der Waals surface area contributed by atoms with Crippen LogP contribution in [0.25, 0.3) is 10.9 Å². The van der Waals surface area contributed by atoms with Crippen LogP contribution in [0.4, 0.5) is 10.5 Å². The van der Waals surface area contributed by atoms with Crippen LogP contribution in [-0.2, 0) is 9.59 Å². The Morgan fingerprint density at radius 3 is 2.67 bits per heavy atom. The molecule has 18 heavy (non-hydrogen) atoms. The number of benzene rings is 1. The van der Waals surface area contributed by atoms with Crippen molar-refractivity contribution in [1.29, 1.82) is 0 Å². The van der Waals surface area contributed by atoms with Crippen molar-refractivity contribution in [2.24, 2.45) is 0 Å². The van der Waals surface area contributed by atoms with Crippen molar-refractivity contribution >= 4 is 34.4 Å². The number of carbonyl (C=O) groups excluding carboxylic acids is 3. The van der Waals surface area contributed by atoms with Gasteiger partial charge in [-0.05, 0) is 24.3 Å². The molecule has 4 amide bonds. The molecule has 88 valence electrons. The summed E-state index contributed by atoms with van der Waals surface area (Å²) >= 11 is 0. The number of hydrogen-bond acceptors (Lipinski definition) is 4. The second-order valence-electron chi connectivity index (χ2n) is 3.78. The monoisotopic (exact) mass is 241 g/mol. The Kier molecular flexibility index (Phi) is 2.09. The largest absolute Gasteiger partial charge is 0.336 e. The number of pyridine rings is 1. The van der Waals surface area contributed by atoms with E-state index in [1.54, 1.807) is 30.5 Å². The summed E-state index contributed by atoms with van der Waals surface area (Å²) < 4.78 is 0. The zero-order chi connectivity index (χ0) is 12.7. The first-order valence-electron chi connectivity index (χ1n) is 5.21. The third kappa shape index (κ3) is 1.43. The summed E-state index contributed by atoms with van der Waals surface area (Å²) in [6, 6.07) is 7.74. The van der Waals surface area contributed by atoms with Crippen LogP contribution in [-0.4, -0.2) is 22.8 Å². The van der Waals surface area contributed by atoms with Gasteiger partial charge < -0.3 is 0 Å². The van der Waals surface area contributed by atoms with Gasteiger partial charge in [0.15, 0.2) is 0 Å². The lowest BCUT2D eigenvalue weighted by Gasteiger charge is -2.11. The molecule has 0 atom stereocenters. The molecule has 0 unspecified atom stereocenters. The molecule has 1 fully saturated rings. The van der Waals surface area contributed by atoms with Crippen molar-refractivity contribution in [2.45, 2.75) is 0 Å². The maximum Gasteiger partial charge on any atom is 0.336 e. The first kappa shape index (κ1) is 10.4. The van der Waals surface area contributed by atoms with Crippen molar-refractivity contribution in [2.75, 3.05) is 4.90 Å². The third-order valence-corrected chi connectivity index (χ3v) is 2.67. The van der Waals surface area contributed by atoms with Crippen molar-refractivity contribution in [3.05, 3.63) is 36.5 Å². The molecular formula is C12H7N3O3. The second-order valence-corrected chi connectivity index (χ2v) is 3.78. The molecule has 0 bridgehead atoms. The Hall–Kier alpha value is -2.76. The van der Waals surface area contributed by atoms with Gasteiger partial charge in [0.1, 0.15) is 0 Å². The predicted octanol–water partition coefficient (Wildman–Crippen LogP) is 0.818. The van der Waals surface area contributed by atoms with Crippen molar-refractivity contribution in [3.63, 3.8) is 0 Å². The summed E-state index contributed by atoms with van der Waals surface area (Å²) in [5, 5.41) is 2.73. The second kappa shape index (κ2) is 3.63. The van der Waals surface area contributed by atoms with Gasteiger partial charge in [0.25, 0.3) is 0 Å². The summed E-state index contributed by atoms with van der Waals surface area (Å²) in [6.45, 7) is 0. The summed E-state index contributed by atoms with van der Waals surface area (Å²) in [4.78, 5) is 39.1. The fourth-order valence-corrected chi connectivity index (χ4v) is 1.84. The lowest BCUT2D eigenvalue weighted by atomic mass is 10.2. The quantitative estimate of drug-likeness (QED) is 0.592. The van der Waals surface area contributed by atoms with Crippen LogP contribution in [0, 0.1) is 0 Å². The molecule has 1 aromatic carbocycles. The lowest BCUT2D eigenvalue weighted by Crippen LogP contribution is -2.30. The SMILES string of the molecule is O=C1NC(=O)N(c2ccc3ncccc3c2)C1=O. The highest BCUT2D eigenvalue weighted by molar-refractivity contribution is 6.53. The van der Waals surface area contributed by atoms with Gasteiger partial charge in [-0.3, -0.25) is 19.9 Å². The van der Waals surface area contributed by atoms with Crippen molar-refractivity contribution in [1.82, 2.24) is 10.3 Å². The Bertz CT molecular complexity index is 696. The molecule has 0 saturated carbocycles. The van der Waals surface area contributed by atoms with Crippen LogP contribution >= 0.6 is 0 Å². The van der Waals surface area contributed by atoms with Crippen LogP contribution in [0.3, 0.4) is 0 Å². The predicted molar refractivity (Wildman–Crippen MR) is 62.8 cm³/mol. The van der Waals surface area contributed by atoms with E-state index in [1.165, 1.54) is 0 Å². The van der Waals surface area contributed by atoms with Gasteiger partial charge in [-0.15, -0.1) is 0 Å². The average Bonchev–Trinajstić information content (AvgIpc) is 2.63. The summed E-state index contributed by atoms with van der Waals surface area (Å²) in [7, 11) is 0. The molecular weight excluding hydrogens is 234 g/mol. The van der Waals surface area contributed by atoms with E-state index in [-0.39, 0.29) is 0 Å². The third-order valence-electron chi connectivity index (χ3n) is 2.67. The average molecular weight is 241 g/mol. The number of anilines is 1. The topological polar surface area (TPSA) is 79.4 Å². The highest BCUT2D eigenvalue weighted by Crippen LogP contribution is 2.22. The number of urea groups is 1.